The van der Waals surface area contributed by atoms with Gasteiger partial charge in [-0.05, 0) is 70.2 Å². The molecule has 1 aliphatic rings. The van der Waals surface area contributed by atoms with Gasteiger partial charge >= 0.3 is 0 Å². The number of aromatic nitrogens is 3. The molecule has 0 saturated carbocycles. The zero-order chi connectivity index (χ0) is 22.8. The maximum absolute atomic E-state index is 14.8. The summed E-state index contributed by atoms with van der Waals surface area (Å²) in [6.45, 7) is 7.16. The average Bonchev–Trinajstić information content (AvgIpc) is 3.15. The predicted molar refractivity (Wildman–Crippen MR) is 123 cm³/mol. The van der Waals surface area contributed by atoms with Crippen molar-refractivity contribution in [1.82, 2.24) is 20.1 Å². The third-order valence-electron chi connectivity index (χ3n) is 6.18. The predicted octanol–water partition coefficient (Wildman–Crippen LogP) is 5.94. The van der Waals surface area contributed by atoms with Crippen LogP contribution in [-0.4, -0.2) is 32.7 Å². The van der Waals surface area contributed by atoms with Gasteiger partial charge in [-0.3, -0.25) is 10.00 Å². The van der Waals surface area contributed by atoms with Gasteiger partial charge in [0.05, 0.1) is 10.7 Å². The van der Waals surface area contributed by atoms with E-state index in [1.165, 1.54) is 0 Å². The molecule has 1 saturated heterocycles. The molecule has 2 N–H and O–H groups in total. The number of rotatable bonds is 6. The highest BCUT2D eigenvalue weighted by molar-refractivity contribution is 6.30. The number of hydrogen-bond acceptors (Lipinski definition) is 4. The molecule has 170 valence electrons. The first kappa shape index (κ1) is 22.7. The molecule has 1 aliphatic heterocycles. The molecule has 0 bridgehead atoms. The van der Waals surface area contributed by atoms with E-state index in [2.05, 4.69) is 32.3 Å². The van der Waals surface area contributed by atoms with Gasteiger partial charge in [-0.1, -0.05) is 23.7 Å². The molecule has 0 unspecified atom stereocenters. The van der Waals surface area contributed by atoms with E-state index in [1.807, 2.05) is 13.0 Å². The molecule has 5 nitrogen and oxygen atoms in total. The maximum Gasteiger partial charge on any atom is 0.153 e. The quantitative estimate of drug-likeness (QED) is 0.479. The number of nitrogens with zero attached hydrogens (tertiary/aromatic N) is 3. The number of halogens is 3. The topological polar surface area (TPSA) is 56.8 Å². The Kier molecular flexibility index (Phi) is 6.76. The van der Waals surface area contributed by atoms with E-state index in [-0.39, 0.29) is 22.7 Å². The van der Waals surface area contributed by atoms with Crippen molar-refractivity contribution < 1.29 is 8.78 Å². The van der Waals surface area contributed by atoms with Crippen LogP contribution >= 0.6 is 11.6 Å². The molecule has 32 heavy (non-hydrogen) atoms. The van der Waals surface area contributed by atoms with E-state index in [9.17, 15) is 8.78 Å². The van der Waals surface area contributed by atoms with Gasteiger partial charge in [-0.2, -0.15) is 5.10 Å². The first-order valence-corrected chi connectivity index (χ1v) is 11.3. The number of aromatic amines is 1. The number of H-pyrrole nitrogens is 1. The molecule has 3 aromatic rings. The number of aryl methyl sites for hydroxylation is 2. The number of anilines is 2. The number of likely N-dealkylation sites (tertiary alicyclic amines) is 1. The normalized spacial score (nSPS) is 19.3. The summed E-state index contributed by atoms with van der Waals surface area (Å²) >= 11 is 5.93. The summed E-state index contributed by atoms with van der Waals surface area (Å²) in [5.41, 5.74) is 2.58. The summed E-state index contributed by atoms with van der Waals surface area (Å²) in [4.78, 5) is 6.81. The van der Waals surface area contributed by atoms with Gasteiger partial charge in [0, 0.05) is 29.9 Å². The van der Waals surface area contributed by atoms with Crippen LogP contribution in [0, 0.1) is 31.4 Å². The molecule has 8 heteroatoms. The molecule has 0 radical (unpaired) electrons. The second kappa shape index (κ2) is 9.55. The minimum atomic E-state index is -0.346. The van der Waals surface area contributed by atoms with Crippen molar-refractivity contribution in [2.45, 2.75) is 52.6 Å². The average molecular weight is 460 g/mol. The summed E-state index contributed by atoms with van der Waals surface area (Å²) in [7, 11) is 0. The Morgan fingerprint density at radius 1 is 1.19 bits per heavy atom. The molecule has 2 aromatic heterocycles. The van der Waals surface area contributed by atoms with Crippen LogP contribution in [0.5, 0.6) is 0 Å². The van der Waals surface area contributed by atoms with E-state index < -0.39 is 0 Å². The summed E-state index contributed by atoms with van der Waals surface area (Å²) in [6.07, 6.45) is 2.38. The van der Waals surface area contributed by atoms with Gasteiger partial charge in [0.15, 0.2) is 5.82 Å². The highest BCUT2D eigenvalue weighted by Crippen LogP contribution is 2.30. The van der Waals surface area contributed by atoms with Gasteiger partial charge < -0.3 is 5.32 Å². The molecular weight excluding hydrogens is 432 g/mol. The molecule has 0 spiro atoms. The van der Waals surface area contributed by atoms with E-state index in [1.54, 1.807) is 31.2 Å². The zero-order valence-electron chi connectivity index (χ0n) is 18.6. The van der Waals surface area contributed by atoms with Crippen LogP contribution in [0.4, 0.5) is 20.4 Å². The second-order valence-electron chi connectivity index (χ2n) is 8.77. The molecule has 3 heterocycles. The summed E-state index contributed by atoms with van der Waals surface area (Å²) in [5, 5.41) is 10.3. The van der Waals surface area contributed by atoms with Crippen molar-refractivity contribution in [2.75, 3.05) is 11.9 Å². The molecule has 4 rings (SSSR count). The number of pyridine rings is 1. The third-order valence-corrected chi connectivity index (χ3v) is 6.47. The summed E-state index contributed by atoms with van der Waals surface area (Å²) in [5.74, 6) is 0.968. The minimum Gasteiger partial charge on any atom is -0.323 e. The van der Waals surface area contributed by atoms with Gasteiger partial charge in [0.1, 0.15) is 17.5 Å². The van der Waals surface area contributed by atoms with Crippen LogP contribution in [0.15, 0.2) is 30.3 Å². The lowest BCUT2D eigenvalue weighted by Crippen LogP contribution is -2.41. The summed E-state index contributed by atoms with van der Waals surface area (Å²) < 4.78 is 29.2. The van der Waals surface area contributed by atoms with Crippen molar-refractivity contribution in [1.29, 1.82) is 0 Å². The number of benzene rings is 1. The molecule has 0 aliphatic carbocycles. The van der Waals surface area contributed by atoms with Crippen molar-refractivity contribution in [3.8, 4) is 0 Å². The van der Waals surface area contributed by atoms with E-state index >= 15 is 0 Å². The first-order valence-electron chi connectivity index (χ1n) is 10.9. The maximum atomic E-state index is 14.8. The fraction of sp³-hybridized carbons (Fsp3) is 0.417. The van der Waals surface area contributed by atoms with E-state index in [4.69, 9.17) is 11.6 Å². The zero-order valence-corrected chi connectivity index (χ0v) is 19.3. The van der Waals surface area contributed by atoms with Crippen LogP contribution in [0.2, 0.25) is 5.02 Å². The molecule has 1 aromatic carbocycles. The Morgan fingerprint density at radius 3 is 2.72 bits per heavy atom. The number of nitrogens with one attached hydrogen (secondary N) is 2. The largest absolute Gasteiger partial charge is 0.323 e. The Hall–Kier alpha value is -2.51. The highest BCUT2D eigenvalue weighted by atomic mass is 35.5. The Morgan fingerprint density at radius 2 is 2.00 bits per heavy atom. The van der Waals surface area contributed by atoms with Gasteiger partial charge in [0.2, 0.25) is 0 Å². The van der Waals surface area contributed by atoms with Crippen molar-refractivity contribution in [3.05, 3.63) is 69.5 Å². The Labute approximate surface area is 192 Å². The van der Waals surface area contributed by atoms with Crippen molar-refractivity contribution >= 4 is 23.2 Å². The van der Waals surface area contributed by atoms with Crippen LogP contribution in [0.25, 0.3) is 0 Å². The number of hydrogen-bond donors (Lipinski definition) is 2. The first-order chi connectivity index (χ1) is 15.3. The highest BCUT2D eigenvalue weighted by Gasteiger charge is 2.28. The number of piperidine rings is 1. The lowest BCUT2D eigenvalue weighted by Gasteiger charge is -2.38. The van der Waals surface area contributed by atoms with E-state index in [0.717, 1.165) is 25.1 Å². The molecule has 0 amide bonds. The third kappa shape index (κ3) is 5.10. The van der Waals surface area contributed by atoms with Crippen molar-refractivity contribution in [3.63, 3.8) is 0 Å². The fourth-order valence-electron chi connectivity index (χ4n) is 4.44. The van der Waals surface area contributed by atoms with Gasteiger partial charge in [-0.25, -0.2) is 13.8 Å². The standard InChI is InChI=1S/C24H28ClF2N5/c1-14-9-21(29-22-10-15(2)30-31-22)28-20(23(14)26)12-17-7-8-32(16(3)11-17)13-18-5-4-6-19(25)24(18)27/h4-6,9-10,16-17H,7-8,11-13H2,1-3H3,(H2,28,29,30,31)/t16-,17+/m1/s1. The SMILES string of the molecule is Cc1cc(Nc2cc(C)c(F)c(C[C@H]3CCN(Cc4cccc(Cl)c4F)[C@H](C)C3)n2)n[nH]1. The Bertz CT molecular complexity index is 1100. The minimum absolute atomic E-state index is 0.153. The Balaban J connectivity index is 1.42. The van der Waals surface area contributed by atoms with Crippen LogP contribution < -0.4 is 5.32 Å². The van der Waals surface area contributed by atoms with Gasteiger partial charge in [0.25, 0.3) is 0 Å². The molecular formula is C24H28ClF2N5. The second-order valence-corrected chi connectivity index (χ2v) is 9.18. The summed E-state index contributed by atoms with van der Waals surface area (Å²) in [6, 6.07) is 8.95. The van der Waals surface area contributed by atoms with Gasteiger partial charge in [-0.15, -0.1) is 0 Å². The van der Waals surface area contributed by atoms with Crippen LogP contribution in [-0.2, 0) is 13.0 Å². The van der Waals surface area contributed by atoms with E-state index in [0.29, 0.717) is 47.3 Å². The molecule has 1 fully saturated rings. The van der Waals surface area contributed by atoms with Crippen LogP contribution in [0.1, 0.15) is 42.3 Å². The van der Waals surface area contributed by atoms with Crippen molar-refractivity contribution in [2.24, 2.45) is 5.92 Å². The fourth-order valence-corrected chi connectivity index (χ4v) is 4.63. The molecule has 2 atom stereocenters. The lowest BCUT2D eigenvalue weighted by molar-refractivity contribution is 0.113. The lowest BCUT2D eigenvalue weighted by atomic mass is 9.87. The smallest absolute Gasteiger partial charge is 0.153 e. The monoisotopic (exact) mass is 459 g/mol. The van der Waals surface area contributed by atoms with Crippen LogP contribution in [0.3, 0.4) is 0 Å².